The van der Waals surface area contributed by atoms with Gasteiger partial charge in [0.2, 0.25) is 5.43 Å². The summed E-state index contributed by atoms with van der Waals surface area (Å²) in [6.45, 7) is 0.569. The van der Waals surface area contributed by atoms with Crippen molar-refractivity contribution in [3.05, 3.63) is 51.8 Å². The number of benzene rings is 1. The summed E-state index contributed by atoms with van der Waals surface area (Å²) in [6.07, 6.45) is 4.87. The van der Waals surface area contributed by atoms with E-state index < -0.39 is 11.4 Å². The Bertz CT molecular complexity index is 824. The van der Waals surface area contributed by atoms with Gasteiger partial charge in [-0.3, -0.25) is 9.47 Å². The highest BCUT2D eigenvalue weighted by Gasteiger charge is 2.15. The summed E-state index contributed by atoms with van der Waals surface area (Å²) in [5, 5.41) is 19.9. The van der Waals surface area contributed by atoms with E-state index in [1.54, 1.807) is 48.1 Å². The monoisotopic (exact) mass is 332 g/mol. The lowest BCUT2D eigenvalue weighted by atomic mass is 10.1. The Labute approximate surface area is 139 Å². The van der Waals surface area contributed by atoms with E-state index in [0.717, 1.165) is 5.56 Å². The molecule has 1 aromatic heterocycles. The molecular formula is C17H20N2O5. The second kappa shape index (κ2) is 7.76. The summed E-state index contributed by atoms with van der Waals surface area (Å²) in [5.74, 6) is -1.25. The minimum atomic E-state index is -1.25. The molecule has 128 valence electrons. The Hall–Kier alpha value is -2.64. The number of carboxylic acid groups (broad SMARTS) is 1. The number of carboxylic acids is 1. The minimum absolute atomic E-state index is 0.0359. The molecule has 0 fully saturated rings. The molecule has 7 nitrogen and oxygen atoms in total. The molecule has 0 radical (unpaired) electrons. The first-order valence-electron chi connectivity index (χ1n) is 7.41. The first-order chi connectivity index (χ1) is 11.5. The summed E-state index contributed by atoms with van der Waals surface area (Å²) in [5.41, 5.74) is 0.606. The third-order valence-electron chi connectivity index (χ3n) is 3.43. The number of aliphatic hydroxyl groups is 1. The molecule has 0 amide bonds. The summed E-state index contributed by atoms with van der Waals surface area (Å²) in [4.78, 5) is 23.7. The molecule has 2 rings (SSSR count). The maximum Gasteiger partial charge on any atom is 0.341 e. The molecule has 0 bridgehead atoms. The van der Waals surface area contributed by atoms with E-state index in [9.17, 15) is 14.7 Å². The molecule has 0 aliphatic carbocycles. The number of pyridine rings is 1. The van der Waals surface area contributed by atoms with Crippen LogP contribution in [0.5, 0.6) is 0 Å². The molecule has 0 spiro atoms. The number of aliphatic hydroxyl groups excluding tert-OH is 1. The Morgan fingerprint density at radius 1 is 1.38 bits per heavy atom. The zero-order chi connectivity index (χ0) is 17.7. The molecule has 0 atom stereocenters. The quantitative estimate of drug-likeness (QED) is 0.733. The van der Waals surface area contributed by atoms with E-state index in [-0.39, 0.29) is 18.8 Å². The zero-order valence-electron chi connectivity index (χ0n) is 13.6. The smallest absolute Gasteiger partial charge is 0.341 e. The van der Waals surface area contributed by atoms with Crippen molar-refractivity contribution < 1.29 is 19.7 Å². The van der Waals surface area contributed by atoms with Crippen molar-refractivity contribution in [3.8, 4) is 0 Å². The van der Waals surface area contributed by atoms with Crippen LogP contribution in [0.25, 0.3) is 17.0 Å². The number of nitrogens with zero attached hydrogens (tertiary/aromatic N) is 2. The van der Waals surface area contributed by atoms with Crippen molar-refractivity contribution in [2.24, 2.45) is 0 Å². The third-order valence-corrected chi connectivity index (χ3v) is 3.43. The third kappa shape index (κ3) is 3.81. The largest absolute Gasteiger partial charge is 0.477 e. The van der Waals surface area contributed by atoms with Crippen LogP contribution in [0.2, 0.25) is 0 Å². The summed E-state index contributed by atoms with van der Waals surface area (Å²) >= 11 is 0. The topological polar surface area (TPSA) is 92.0 Å². The van der Waals surface area contributed by atoms with Gasteiger partial charge >= 0.3 is 5.97 Å². The predicted molar refractivity (Wildman–Crippen MR) is 92.2 cm³/mol. The fraction of sp³-hybridized carbons (Fsp3) is 0.294. The molecule has 2 N–H and O–H groups in total. The van der Waals surface area contributed by atoms with Crippen molar-refractivity contribution in [3.63, 3.8) is 0 Å². The number of aromatic nitrogens is 1. The average molecular weight is 332 g/mol. The number of hydrogen-bond donors (Lipinski definition) is 2. The van der Waals surface area contributed by atoms with Crippen LogP contribution < -0.4 is 10.4 Å². The average Bonchev–Trinajstić information content (AvgIpc) is 2.54. The van der Waals surface area contributed by atoms with Crippen LogP contribution in [-0.4, -0.2) is 54.8 Å². The molecule has 0 unspecified atom stereocenters. The van der Waals surface area contributed by atoms with Gasteiger partial charge in [0.1, 0.15) is 5.56 Å². The van der Waals surface area contributed by atoms with E-state index >= 15 is 0 Å². The van der Waals surface area contributed by atoms with Gasteiger partial charge < -0.3 is 20.0 Å². The summed E-state index contributed by atoms with van der Waals surface area (Å²) in [7, 11) is 3.53. The van der Waals surface area contributed by atoms with Crippen LogP contribution >= 0.6 is 0 Å². The zero-order valence-corrected chi connectivity index (χ0v) is 13.6. The highest BCUT2D eigenvalue weighted by Crippen LogP contribution is 2.15. The number of ether oxygens (including phenoxy) is 1. The highest BCUT2D eigenvalue weighted by atomic mass is 16.5. The van der Waals surface area contributed by atoms with Crippen LogP contribution in [0.3, 0.4) is 0 Å². The van der Waals surface area contributed by atoms with Crippen LogP contribution in [0.1, 0.15) is 15.9 Å². The van der Waals surface area contributed by atoms with Gasteiger partial charge in [-0.25, -0.2) is 4.79 Å². The fourth-order valence-corrected chi connectivity index (χ4v) is 2.32. The van der Waals surface area contributed by atoms with E-state index in [0.29, 0.717) is 17.5 Å². The predicted octanol–water partition coefficient (Wildman–Crippen LogP) is 0.919. The number of fused-ring (bicyclic) bond motifs is 1. The van der Waals surface area contributed by atoms with Gasteiger partial charge in [0.25, 0.3) is 0 Å². The Morgan fingerprint density at radius 2 is 2.12 bits per heavy atom. The standard InChI is InChI=1S/C17H20N2O5/c1-18(2)19-11-14(17(22)23)16(21)13-10-12(5-6-15(13)19)4-3-8-24-9-7-20/h3-6,10-11,20H,7-9H2,1-2H3,(H,22,23). The molecule has 24 heavy (non-hydrogen) atoms. The van der Waals surface area contributed by atoms with Gasteiger partial charge in [-0.1, -0.05) is 18.2 Å². The molecular weight excluding hydrogens is 312 g/mol. The molecule has 2 aromatic rings. The van der Waals surface area contributed by atoms with E-state index in [1.165, 1.54) is 6.20 Å². The van der Waals surface area contributed by atoms with Crippen LogP contribution in [0.15, 0.2) is 35.3 Å². The lowest BCUT2D eigenvalue weighted by Crippen LogP contribution is -2.29. The second-order valence-electron chi connectivity index (χ2n) is 5.35. The van der Waals surface area contributed by atoms with E-state index in [4.69, 9.17) is 9.84 Å². The Kier molecular flexibility index (Phi) is 5.73. The summed E-state index contributed by atoms with van der Waals surface area (Å²) in [6, 6.07) is 5.27. The first kappa shape index (κ1) is 17.7. The van der Waals surface area contributed by atoms with Gasteiger partial charge in [-0.2, -0.15) is 0 Å². The van der Waals surface area contributed by atoms with Crippen molar-refractivity contribution in [2.75, 3.05) is 38.9 Å². The van der Waals surface area contributed by atoms with E-state index in [1.807, 2.05) is 6.07 Å². The lowest BCUT2D eigenvalue weighted by molar-refractivity contribution is 0.0695. The molecule has 7 heteroatoms. The SMILES string of the molecule is CN(C)n1cc(C(=O)O)c(=O)c2cc(C=CCOCCO)ccc21. The van der Waals surface area contributed by atoms with Gasteiger partial charge in [0.15, 0.2) is 0 Å². The molecule has 1 aromatic carbocycles. The van der Waals surface area contributed by atoms with E-state index in [2.05, 4.69) is 0 Å². The maximum atomic E-state index is 12.4. The number of aromatic carboxylic acids is 1. The first-order valence-corrected chi connectivity index (χ1v) is 7.41. The fourth-order valence-electron chi connectivity index (χ4n) is 2.32. The highest BCUT2D eigenvalue weighted by molar-refractivity contribution is 5.93. The minimum Gasteiger partial charge on any atom is -0.477 e. The molecule has 1 heterocycles. The Morgan fingerprint density at radius 3 is 2.75 bits per heavy atom. The normalized spacial score (nSPS) is 11.3. The maximum absolute atomic E-state index is 12.4. The van der Waals surface area contributed by atoms with Crippen molar-refractivity contribution in [2.45, 2.75) is 0 Å². The summed E-state index contributed by atoms with van der Waals surface area (Å²) < 4.78 is 6.75. The van der Waals surface area contributed by atoms with Gasteiger partial charge in [0, 0.05) is 25.7 Å². The molecule has 0 aliphatic heterocycles. The van der Waals surface area contributed by atoms with Gasteiger partial charge in [-0.05, 0) is 17.7 Å². The molecule has 0 saturated carbocycles. The van der Waals surface area contributed by atoms with Gasteiger partial charge in [0.05, 0.1) is 25.3 Å². The second-order valence-corrected chi connectivity index (χ2v) is 5.35. The van der Waals surface area contributed by atoms with Crippen LogP contribution in [0.4, 0.5) is 0 Å². The van der Waals surface area contributed by atoms with Crippen molar-refractivity contribution in [1.82, 2.24) is 4.68 Å². The lowest BCUT2D eigenvalue weighted by Gasteiger charge is -2.20. The molecule has 0 saturated heterocycles. The van der Waals surface area contributed by atoms with Crippen LogP contribution in [-0.2, 0) is 4.74 Å². The Balaban J connectivity index is 2.48. The van der Waals surface area contributed by atoms with Gasteiger partial charge in [-0.15, -0.1) is 0 Å². The molecule has 0 aliphatic rings. The number of carbonyl (C=O) groups is 1. The number of hydrogen-bond acceptors (Lipinski definition) is 5. The van der Waals surface area contributed by atoms with Crippen molar-refractivity contribution in [1.29, 1.82) is 0 Å². The van der Waals surface area contributed by atoms with Crippen LogP contribution in [0, 0.1) is 0 Å². The number of rotatable bonds is 7. The van der Waals surface area contributed by atoms with Crippen molar-refractivity contribution >= 4 is 22.9 Å².